The Kier molecular flexibility index (Phi) is 7.07. The van der Waals surface area contributed by atoms with Crippen molar-refractivity contribution in [1.82, 2.24) is 35.3 Å². The van der Waals surface area contributed by atoms with Crippen molar-refractivity contribution in [1.29, 1.82) is 0 Å². The van der Waals surface area contributed by atoms with Crippen molar-refractivity contribution in [3.63, 3.8) is 0 Å². The summed E-state index contributed by atoms with van der Waals surface area (Å²) < 4.78 is 1.65. The maximum absolute atomic E-state index is 12.7. The van der Waals surface area contributed by atoms with Crippen LogP contribution in [0.2, 0.25) is 0 Å². The molecule has 2 aromatic rings. The average Bonchev–Trinajstić information content (AvgIpc) is 3.17. The summed E-state index contributed by atoms with van der Waals surface area (Å²) in [5.74, 6) is 1.55. The average molecular weight is 412 g/mol. The Balaban J connectivity index is 1.26. The molecular formula is C22H33N7O. The summed E-state index contributed by atoms with van der Waals surface area (Å²) in [4.78, 5) is 17.5. The lowest BCUT2D eigenvalue weighted by molar-refractivity contribution is -0.123. The molecule has 8 nitrogen and oxygen atoms in total. The quantitative estimate of drug-likeness (QED) is 0.747. The fourth-order valence-electron chi connectivity index (χ4n) is 4.45. The lowest BCUT2D eigenvalue weighted by Crippen LogP contribution is -2.48. The van der Waals surface area contributed by atoms with Crippen LogP contribution in [0.5, 0.6) is 0 Å². The number of tetrazole rings is 1. The van der Waals surface area contributed by atoms with Crippen LogP contribution >= 0.6 is 0 Å². The Morgan fingerprint density at radius 3 is 2.67 bits per heavy atom. The molecule has 3 heterocycles. The lowest BCUT2D eigenvalue weighted by atomic mass is 9.99. The maximum Gasteiger partial charge on any atom is 0.242 e. The van der Waals surface area contributed by atoms with E-state index in [1.807, 2.05) is 6.07 Å². The summed E-state index contributed by atoms with van der Waals surface area (Å²) in [5, 5.41) is 15.2. The fraction of sp³-hybridized carbons (Fsp3) is 0.636. The Bertz CT molecular complexity index is 801. The Morgan fingerprint density at radius 2 is 1.87 bits per heavy atom. The third-order valence-corrected chi connectivity index (χ3v) is 6.26. The van der Waals surface area contributed by atoms with Crippen molar-refractivity contribution in [2.24, 2.45) is 5.92 Å². The molecular weight excluding hydrogens is 378 g/mol. The van der Waals surface area contributed by atoms with Gasteiger partial charge in [-0.1, -0.05) is 37.3 Å². The number of piperidine rings is 2. The number of aromatic nitrogens is 4. The zero-order valence-electron chi connectivity index (χ0n) is 17.9. The number of amides is 1. The zero-order chi connectivity index (χ0) is 20.8. The monoisotopic (exact) mass is 411 g/mol. The second-order valence-electron chi connectivity index (χ2n) is 8.84. The van der Waals surface area contributed by atoms with Gasteiger partial charge in [-0.05, 0) is 67.2 Å². The Labute approximate surface area is 178 Å². The second-order valence-corrected chi connectivity index (χ2v) is 8.84. The normalized spacial score (nSPS) is 21.6. The molecule has 2 aliphatic rings. The minimum Gasteiger partial charge on any atom is -0.350 e. The van der Waals surface area contributed by atoms with Gasteiger partial charge in [-0.15, -0.1) is 5.10 Å². The van der Waals surface area contributed by atoms with Gasteiger partial charge in [0.05, 0.1) is 6.54 Å². The molecule has 1 aromatic carbocycles. The topological polar surface area (TPSA) is 79.2 Å². The highest BCUT2D eigenvalue weighted by atomic mass is 16.2. The molecule has 0 bridgehead atoms. The zero-order valence-corrected chi connectivity index (χ0v) is 17.9. The molecule has 0 aliphatic carbocycles. The van der Waals surface area contributed by atoms with Crippen molar-refractivity contribution < 1.29 is 4.79 Å². The molecule has 1 atom stereocenters. The molecule has 0 spiro atoms. The summed E-state index contributed by atoms with van der Waals surface area (Å²) in [5.41, 5.74) is 1.31. The number of likely N-dealkylation sites (tertiary alicyclic amines) is 2. The summed E-state index contributed by atoms with van der Waals surface area (Å²) >= 11 is 0. The van der Waals surface area contributed by atoms with E-state index in [9.17, 15) is 4.79 Å². The first-order valence-electron chi connectivity index (χ1n) is 11.2. The van der Waals surface area contributed by atoms with Crippen LogP contribution in [0.4, 0.5) is 0 Å². The molecule has 0 radical (unpaired) electrons. The van der Waals surface area contributed by atoms with E-state index in [1.165, 1.54) is 18.4 Å². The molecule has 2 fully saturated rings. The van der Waals surface area contributed by atoms with Crippen LogP contribution in [0.25, 0.3) is 0 Å². The molecule has 4 rings (SSSR count). The van der Waals surface area contributed by atoms with Gasteiger partial charge in [0.25, 0.3) is 0 Å². The minimum atomic E-state index is -0.0117. The van der Waals surface area contributed by atoms with E-state index in [2.05, 4.69) is 61.8 Å². The standard InChI is InChI=1S/C22H33N7O/c1-18-9-12-27(13-10-18)16-21-24-25-26-29(21)17-22(30)23-20-8-5-11-28(15-20)14-19-6-3-2-4-7-19/h2-4,6-7,18,20H,5,8-17H2,1H3,(H,23,30)/t20-/m1/s1. The highest BCUT2D eigenvalue weighted by Crippen LogP contribution is 2.17. The van der Waals surface area contributed by atoms with Gasteiger partial charge in [0.2, 0.25) is 5.91 Å². The molecule has 1 amide bonds. The highest BCUT2D eigenvalue weighted by Gasteiger charge is 2.23. The van der Waals surface area contributed by atoms with E-state index in [1.54, 1.807) is 4.68 Å². The van der Waals surface area contributed by atoms with E-state index < -0.39 is 0 Å². The van der Waals surface area contributed by atoms with Gasteiger partial charge >= 0.3 is 0 Å². The smallest absolute Gasteiger partial charge is 0.242 e. The Morgan fingerprint density at radius 1 is 1.07 bits per heavy atom. The molecule has 1 N–H and O–H groups in total. The summed E-state index contributed by atoms with van der Waals surface area (Å²) in [6, 6.07) is 10.7. The molecule has 8 heteroatoms. The van der Waals surface area contributed by atoms with E-state index in [-0.39, 0.29) is 18.5 Å². The van der Waals surface area contributed by atoms with Crippen LogP contribution < -0.4 is 5.32 Å². The summed E-state index contributed by atoms with van der Waals surface area (Å²) in [7, 11) is 0. The van der Waals surface area contributed by atoms with Crippen molar-refractivity contribution in [2.75, 3.05) is 26.2 Å². The molecule has 2 saturated heterocycles. The number of rotatable bonds is 7. The first-order chi connectivity index (χ1) is 14.7. The van der Waals surface area contributed by atoms with Crippen LogP contribution in [0.1, 0.15) is 44.0 Å². The maximum atomic E-state index is 12.7. The summed E-state index contributed by atoms with van der Waals surface area (Å²) in [6.07, 6.45) is 4.54. The third kappa shape index (κ3) is 5.86. The predicted molar refractivity (Wildman–Crippen MR) is 114 cm³/mol. The van der Waals surface area contributed by atoms with E-state index in [0.717, 1.165) is 57.3 Å². The molecule has 30 heavy (non-hydrogen) atoms. The van der Waals surface area contributed by atoms with Gasteiger partial charge in [0, 0.05) is 19.1 Å². The number of benzene rings is 1. The molecule has 0 saturated carbocycles. The van der Waals surface area contributed by atoms with Crippen molar-refractivity contribution in [2.45, 2.75) is 58.3 Å². The predicted octanol–water partition coefficient (Wildman–Crippen LogP) is 1.69. The fourth-order valence-corrected chi connectivity index (χ4v) is 4.45. The number of hydrogen-bond acceptors (Lipinski definition) is 6. The van der Waals surface area contributed by atoms with Crippen molar-refractivity contribution >= 4 is 5.91 Å². The molecule has 0 unspecified atom stereocenters. The third-order valence-electron chi connectivity index (χ3n) is 6.26. The van der Waals surface area contributed by atoms with Crippen LogP contribution in [-0.2, 0) is 24.4 Å². The highest BCUT2D eigenvalue weighted by molar-refractivity contribution is 5.76. The van der Waals surface area contributed by atoms with Gasteiger partial charge in [-0.25, -0.2) is 4.68 Å². The first kappa shape index (κ1) is 20.9. The number of carbonyl (C=O) groups excluding carboxylic acids is 1. The van der Waals surface area contributed by atoms with E-state index >= 15 is 0 Å². The molecule has 2 aliphatic heterocycles. The van der Waals surface area contributed by atoms with Gasteiger partial charge in [0.15, 0.2) is 5.82 Å². The lowest BCUT2D eigenvalue weighted by Gasteiger charge is -2.33. The van der Waals surface area contributed by atoms with Gasteiger partial charge in [-0.2, -0.15) is 0 Å². The van der Waals surface area contributed by atoms with Gasteiger partial charge in [-0.3, -0.25) is 14.6 Å². The first-order valence-corrected chi connectivity index (χ1v) is 11.2. The van der Waals surface area contributed by atoms with Gasteiger partial charge in [0.1, 0.15) is 6.54 Å². The van der Waals surface area contributed by atoms with Crippen LogP contribution in [0.15, 0.2) is 30.3 Å². The summed E-state index contributed by atoms with van der Waals surface area (Å²) in [6.45, 7) is 8.22. The van der Waals surface area contributed by atoms with Crippen LogP contribution in [0.3, 0.4) is 0 Å². The van der Waals surface area contributed by atoms with E-state index in [0.29, 0.717) is 6.54 Å². The SMILES string of the molecule is CC1CCN(Cc2nnnn2CC(=O)N[C@@H]2CCCN(Cc3ccccc3)C2)CC1. The Hall–Kier alpha value is -2.32. The second kappa shape index (κ2) is 10.1. The number of carbonyl (C=O) groups is 1. The number of nitrogens with zero attached hydrogens (tertiary/aromatic N) is 6. The largest absolute Gasteiger partial charge is 0.350 e. The molecule has 1 aromatic heterocycles. The van der Waals surface area contributed by atoms with Gasteiger partial charge < -0.3 is 5.32 Å². The van der Waals surface area contributed by atoms with E-state index in [4.69, 9.17) is 0 Å². The number of hydrogen-bond donors (Lipinski definition) is 1. The molecule has 162 valence electrons. The van der Waals surface area contributed by atoms with Crippen molar-refractivity contribution in [3.05, 3.63) is 41.7 Å². The van der Waals surface area contributed by atoms with Crippen LogP contribution in [0, 0.1) is 5.92 Å². The minimum absolute atomic E-state index is 0.0117. The van der Waals surface area contributed by atoms with Crippen molar-refractivity contribution in [3.8, 4) is 0 Å². The number of nitrogens with one attached hydrogen (secondary N) is 1. The van der Waals surface area contributed by atoms with Crippen LogP contribution in [-0.4, -0.2) is 68.1 Å².